The number of benzene rings is 8. The molecule has 10 rings (SSSR count). The number of halogens is 1. The average molecular weight is 721 g/mol. The standard InChI is InChI=1S/C47H29I/c1-3-15-32(16-4-1)41-42(33-17-5-2-6-18-33)45(37-22-11-20-31-14-9-10-21-36(31)37)47-39-27-28-48-40-24-12-23-38(44(39)40)46(47)43(41)35-26-25-30-13-7-8-19-34(30)29-35/h1-29H. The Labute approximate surface area is 290 Å². The lowest BCUT2D eigenvalue weighted by Gasteiger charge is -2.27. The first-order chi connectivity index (χ1) is 23.8. The lowest BCUT2D eigenvalue weighted by Crippen LogP contribution is -2.01. The van der Waals surface area contributed by atoms with E-state index < -0.39 is 0 Å². The maximum absolute atomic E-state index is 2.46. The summed E-state index contributed by atoms with van der Waals surface area (Å²) in [6.45, 7) is 0. The normalized spacial score (nSPS) is 12.8. The van der Waals surface area contributed by atoms with Gasteiger partial charge in [-0.3, -0.25) is 0 Å². The second kappa shape index (κ2) is 11.1. The molecule has 48 heavy (non-hydrogen) atoms. The van der Waals surface area contributed by atoms with Crippen LogP contribution < -0.4 is 0 Å². The zero-order valence-electron chi connectivity index (χ0n) is 26.1. The van der Waals surface area contributed by atoms with Gasteiger partial charge in [0, 0.05) is 9.13 Å². The minimum absolute atomic E-state index is 0.202. The molecular weight excluding hydrogens is 691 g/mol. The van der Waals surface area contributed by atoms with Crippen LogP contribution in [0.4, 0.5) is 0 Å². The van der Waals surface area contributed by atoms with Crippen molar-refractivity contribution in [1.82, 2.24) is 0 Å². The highest BCUT2D eigenvalue weighted by atomic mass is 127. The predicted molar refractivity (Wildman–Crippen MR) is 214 cm³/mol. The van der Waals surface area contributed by atoms with Crippen LogP contribution in [0.5, 0.6) is 0 Å². The molecule has 0 saturated carbocycles. The highest BCUT2D eigenvalue weighted by Gasteiger charge is 2.36. The fourth-order valence-electron chi connectivity index (χ4n) is 7.97. The van der Waals surface area contributed by atoms with Gasteiger partial charge >= 0.3 is 0 Å². The maximum atomic E-state index is 2.46. The van der Waals surface area contributed by atoms with Crippen molar-refractivity contribution >= 4 is 51.9 Å². The molecule has 0 saturated heterocycles. The summed E-state index contributed by atoms with van der Waals surface area (Å²) in [6.07, 6.45) is 2.45. The van der Waals surface area contributed by atoms with Crippen LogP contribution in [0.3, 0.4) is 0 Å². The van der Waals surface area contributed by atoms with Crippen molar-refractivity contribution in [2.75, 3.05) is 0 Å². The lowest BCUT2D eigenvalue weighted by molar-refractivity contribution is 1.54. The smallest absolute Gasteiger partial charge is 0.0162 e. The Balaban J connectivity index is 1.49. The monoisotopic (exact) mass is 720 g/mol. The average Bonchev–Trinajstić information content (AvgIpc) is 3.49. The summed E-state index contributed by atoms with van der Waals surface area (Å²) in [7, 11) is 0. The quantitative estimate of drug-likeness (QED) is 0.159. The van der Waals surface area contributed by atoms with E-state index in [-0.39, 0.29) is 20.7 Å². The topological polar surface area (TPSA) is 0 Å². The van der Waals surface area contributed by atoms with Crippen molar-refractivity contribution in [1.29, 1.82) is 0 Å². The minimum atomic E-state index is -0.202. The van der Waals surface area contributed by atoms with E-state index >= 15 is 0 Å². The van der Waals surface area contributed by atoms with Crippen molar-refractivity contribution in [3.05, 3.63) is 185 Å². The fourth-order valence-corrected chi connectivity index (χ4v) is 10.2. The molecule has 8 aromatic carbocycles. The number of allylic oxidation sites excluding steroid dienone is 1. The van der Waals surface area contributed by atoms with Gasteiger partial charge in [0.1, 0.15) is 0 Å². The van der Waals surface area contributed by atoms with Crippen molar-refractivity contribution in [2.24, 2.45) is 0 Å². The molecule has 1 aliphatic heterocycles. The summed E-state index contributed by atoms with van der Waals surface area (Å²) in [5.74, 6) is 0. The van der Waals surface area contributed by atoms with Gasteiger partial charge in [-0.15, -0.1) is 0 Å². The highest BCUT2D eigenvalue weighted by Crippen LogP contribution is 2.61. The molecule has 0 N–H and O–H groups in total. The second-order valence-corrected chi connectivity index (χ2v) is 15.1. The number of hydrogen-bond donors (Lipinski definition) is 0. The molecule has 0 aromatic heterocycles. The molecule has 0 bridgehead atoms. The third-order valence-corrected chi connectivity index (χ3v) is 12.2. The molecule has 1 heterocycles. The molecule has 0 radical (unpaired) electrons. The molecular formula is C47H29I. The van der Waals surface area contributed by atoms with Gasteiger partial charge in [0.15, 0.2) is 0 Å². The van der Waals surface area contributed by atoms with E-state index in [2.05, 4.69) is 174 Å². The maximum Gasteiger partial charge on any atom is 0.0162 e. The van der Waals surface area contributed by atoms with E-state index in [1.165, 1.54) is 97.4 Å². The molecule has 0 atom stereocenters. The summed E-state index contributed by atoms with van der Waals surface area (Å²) in [6, 6.07) is 60.7. The van der Waals surface area contributed by atoms with Gasteiger partial charge < -0.3 is 0 Å². The Kier molecular flexibility index (Phi) is 6.41. The van der Waals surface area contributed by atoms with E-state index in [1.807, 2.05) is 0 Å². The van der Waals surface area contributed by atoms with Crippen LogP contribution in [0.15, 0.2) is 170 Å². The van der Waals surface area contributed by atoms with Crippen LogP contribution in [-0.2, 0) is 0 Å². The third kappa shape index (κ3) is 4.17. The Morgan fingerprint density at radius 2 is 0.917 bits per heavy atom. The van der Waals surface area contributed by atoms with Crippen LogP contribution in [0.1, 0.15) is 11.1 Å². The van der Waals surface area contributed by atoms with Gasteiger partial charge in [0.05, 0.1) is 0 Å². The van der Waals surface area contributed by atoms with E-state index in [1.54, 1.807) is 0 Å². The molecule has 0 nitrogen and oxygen atoms in total. The highest BCUT2D eigenvalue weighted by molar-refractivity contribution is 14.2. The molecule has 0 amide bonds. The predicted octanol–water partition coefficient (Wildman–Crippen LogP) is 13.0. The Morgan fingerprint density at radius 3 is 1.71 bits per heavy atom. The van der Waals surface area contributed by atoms with Crippen LogP contribution >= 0.6 is 20.7 Å². The molecule has 1 aliphatic carbocycles. The molecule has 224 valence electrons. The van der Waals surface area contributed by atoms with E-state index in [0.717, 1.165) is 0 Å². The summed E-state index contributed by atoms with van der Waals surface area (Å²) in [4.78, 5) is 0. The zero-order valence-corrected chi connectivity index (χ0v) is 28.3. The van der Waals surface area contributed by atoms with E-state index in [0.29, 0.717) is 0 Å². The minimum Gasteiger partial charge on any atom is -0.0849 e. The first-order valence-corrected chi connectivity index (χ1v) is 18.8. The fraction of sp³-hybridized carbons (Fsp3) is 0. The largest absolute Gasteiger partial charge is 0.0849 e. The number of hydrogen-bond acceptors (Lipinski definition) is 0. The molecule has 0 unspecified atom stereocenters. The van der Waals surface area contributed by atoms with Crippen molar-refractivity contribution in [3.63, 3.8) is 0 Å². The van der Waals surface area contributed by atoms with Gasteiger partial charge in [-0.2, -0.15) is 0 Å². The van der Waals surface area contributed by atoms with Crippen LogP contribution in [-0.4, -0.2) is 4.01 Å². The van der Waals surface area contributed by atoms with Crippen LogP contribution in [0, 0.1) is 3.57 Å². The molecule has 2 aliphatic rings. The Morgan fingerprint density at radius 1 is 0.333 bits per heavy atom. The molecule has 0 fully saturated rings. The van der Waals surface area contributed by atoms with Gasteiger partial charge in [0.25, 0.3) is 0 Å². The number of rotatable bonds is 4. The molecule has 1 heteroatoms. The first kappa shape index (κ1) is 27.7. The van der Waals surface area contributed by atoms with Crippen molar-refractivity contribution in [2.45, 2.75) is 0 Å². The van der Waals surface area contributed by atoms with Gasteiger partial charge in [0.2, 0.25) is 0 Å². The van der Waals surface area contributed by atoms with E-state index in [9.17, 15) is 0 Å². The van der Waals surface area contributed by atoms with Gasteiger partial charge in [-0.25, -0.2) is 0 Å². The Bertz CT molecular complexity index is 2640. The number of fused-ring (bicyclic) bond motifs is 5. The van der Waals surface area contributed by atoms with Gasteiger partial charge in [-0.1, -0.05) is 172 Å². The second-order valence-electron chi connectivity index (χ2n) is 12.5. The molecule has 0 spiro atoms. The zero-order chi connectivity index (χ0) is 31.6. The Hall–Kier alpha value is -5.38. The summed E-state index contributed by atoms with van der Waals surface area (Å²) < 4.78 is 3.97. The third-order valence-electron chi connectivity index (χ3n) is 9.95. The first-order valence-electron chi connectivity index (χ1n) is 16.5. The van der Waals surface area contributed by atoms with Crippen LogP contribution in [0.2, 0.25) is 0 Å². The summed E-state index contributed by atoms with van der Waals surface area (Å²) in [5.41, 5.74) is 17.1. The van der Waals surface area contributed by atoms with E-state index in [4.69, 9.17) is 0 Å². The molecule has 8 aromatic rings. The van der Waals surface area contributed by atoms with Crippen LogP contribution in [0.25, 0.3) is 82.8 Å². The van der Waals surface area contributed by atoms with Crippen molar-refractivity contribution < 1.29 is 0 Å². The lowest BCUT2D eigenvalue weighted by atomic mass is 9.76. The summed E-state index contributed by atoms with van der Waals surface area (Å²) >= 11 is -0.202. The SMILES string of the molecule is C1=Ic2cccc3c2C(=C1)c1c-3c(-c2ccc3ccccc3c2)c(-c2ccccc2)c(-c2ccccc2)c1-c1cccc2ccccc12. The van der Waals surface area contributed by atoms with Crippen molar-refractivity contribution in [3.8, 4) is 55.6 Å². The van der Waals surface area contributed by atoms with Gasteiger partial charge in [-0.05, 0) is 111 Å². The summed E-state index contributed by atoms with van der Waals surface area (Å²) in [5, 5.41) is 5.05.